The summed E-state index contributed by atoms with van der Waals surface area (Å²) in [6, 6.07) is 7.27. The van der Waals surface area contributed by atoms with Crippen LogP contribution in [0.25, 0.3) is 11.0 Å². The van der Waals surface area contributed by atoms with Crippen molar-refractivity contribution in [2.75, 3.05) is 13.1 Å². The van der Waals surface area contributed by atoms with Gasteiger partial charge in [-0.2, -0.15) is 0 Å². The monoisotopic (exact) mass is 315 g/mol. The summed E-state index contributed by atoms with van der Waals surface area (Å²) in [5, 5.41) is 0. The first kappa shape index (κ1) is 15.5. The van der Waals surface area contributed by atoms with Crippen molar-refractivity contribution in [2.24, 2.45) is 7.05 Å². The zero-order valence-electron chi connectivity index (χ0n) is 13.3. The van der Waals surface area contributed by atoms with E-state index in [0.717, 1.165) is 25.9 Å². The fourth-order valence-electron chi connectivity index (χ4n) is 3.18. The fraction of sp³-hybridized carbons (Fsp3) is 0.471. The number of para-hydroxylation sites is 2. The molecule has 2 aromatic rings. The number of carbonyl (C=O) groups excluding carboxylic acids is 1. The highest BCUT2D eigenvalue weighted by atomic mass is 16.2. The highest BCUT2D eigenvalue weighted by Crippen LogP contribution is 2.12. The number of aryl methyl sites for hydroxylation is 2. The number of carbonyl (C=O) groups is 1. The molecule has 23 heavy (non-hydrogen) atoms. The highest BCUT2D eigenvalue weighted by Gasteiger charge is 2.17. The summed E-state index contributed by atoms with van der Waals surface area (Å²) in [6.45, 7) is 1.83. The molecule has 0 atom stereocenters. The molecule has 6 nitrogen and oxygen atoms in total. The number of nitrogens with zero attached hydrogens (tertiary/aromatic N) is 3. The average molecular weight is 315 g/mol. The molecule has 0 bridgehead atoms. The van der Waals surface area contributed by atoms with Crippen LogP contribution in [0.2, 0.25) is 0 Å². The third kappa shape index (κ3) is 2.93. The second-order valence-corrected chi connectivity index (χ2v) is 6.00. The number of aromatic nitrogens is 2. The topological polar surface area (TPSA) is 64.3 Å². The quantitative estimate of drug-likeness (QED) is 0.797. The van der Waals surface area contributed by atoms with Gasteiger partial charge in [0, 0.05) is 33.1 Å². The molecular weight excluding hydrogens is 294 g/mol. The van der Waals surface area contributed by atoms with Crippen LogP contribution >= 0.6 is 0 Å². The van der Waals surface area contributed by atoms with Crippen LogP contribution in [0.4, 0.5) is 0 Å². The Kier molecular flexibility index (Phi) is 4.32. The van der Waals surface area contributed by atoms with E-state index in [1.807, 2.05) is 23.1 Å². The summed E-state index contributed by atoms with van der Waals surface area (Å²) >= 11 is 0. The van der Waals surface area contributed by atoms with Gasteiger partial charge in [0.25, 0.3) is 0 Å². The Hall–Kier alpha value is -2.37. The molecule has 3 rings (SSSR count). The van der Waals surface area contributed by atoms with Crippen molar-refractivity contribution >= 4 is 16.9 Å². The van der Waals surface area contributed by atoms with E-state index in [2.05, 4.69) is 0 Å². The Bertz CT molecular complexity index is 844. The van der Waals surface area contributed by atoms with E-state index >= 15 is 0 Å². The summed E-state index contributed by atoms with van der Waals surface area (Å²) < 4.78 is 2.79. The van der Waals surface area contributed by atoms with Gasteiger partial charge < -0.3 is 14.0 Å². The summed E-state index contributed by atoms with van der Waals surface area (Å²) in [7, 11) is 1.59. The fourth-order valence-corrected chi connectivity index (χ4v) is 3.18. The highest BCUT2D eigenvalue weighted by molar-refractivity contribution is 5.77. The van der Waals surface area contributed by atoms with Crippen molar-refractivity contribution < 1.29 is 4.79 Å². The lowest BCUT2D eigenvalue weighted by Crippen LogP contribution is -2.42. The van der Waals surface area contributed by atoms with Crippen LogP contribution in [0.1, 0.15) is 25.7 Å². The zero-order chi connectivity index (χ0) is 16.4. The van der Waals surface area contributed by atoms with Crippen LogP contribution in [0, 0.1) is 0 Å². The maximum Gasteiger partial charge on any atom is 0.316 e. The Balaban J connectivity index is 1.89. The number of rotatable bonds is 3. The Labute approximate surface area is 133 Å². The minimum Gasteiger partial charge on any atom is -0.343 e. The van der Waals surface area contributed by atoms with Gasteiger partial charge in [-0.15, -0.1) is 0 Å². The van der Waals surface area contributed by atoms with Crippen LogP contribution in [0.3, 0.4) is 0 Å². The van der Waals surface area contributed by atoms with Crippen LogP contribution in [0.15, 0.2) is 33.9 Å². The maximum absolute atomic E-state index is 12.3. The first-order valence-corrected chi connectivity index (χ1v) is 8.06. The molecule has 0 saturated carbocycles. The van der Waals surface area contributed by atoms with Crippen molar-refractivity contribution in [2.45, 2.75) is 32.2 Å². The molecule has 122 valence electrons. The summed E-state index contributed by atoms with van der Waals surface area (Å²) in [4.78, 5) is 38.5. The third-order valence-corrected chi connectivity index (χ3v) is 4.52. The molecule has 1 amide bonds. The lowest BCUT2D eigenvalue weighted by atomic mass is 10.1. The molecule has 0 spiro atoms. The minimum atomic E-state index is -0.572. The minimum absolute atomic E-state index is 0.0568. The number of fused-ring (bicyclic) bond motifs is 1. The molecule has 1 aliphatic heterocycles. The first-order chi connectivity index (χ1) is 11.1. The average Bonchev–Trinajstić information content (AvgIpc) is 2.60. The number of hydrogen-bond acceptors (Lipinski definition) is 3. The van der Waals surface area contributed by atoms with E-state index < -0.39 is 11.1 Å². The van der Waals surface area contributed by atoms with Gasteiger partial charge in [0.2, 0.25) is 5.91 Å². The normalized spacial score (nSPS) is 15.1. The SMILES string of the molecule is Cn1c(=O)c(=O)n(CCC(=O)N2CCCCC2)c2ccccc21. The van der Waals surface area contributed by atoms with Crippen molar-refractivity contribution in [3.63, 3.8) is 0 Å². The summed E-state index contributed by atoms with van der Waals surface area (Å²) in [6.07, 6.45) is 3.50. The van der Waals surface area contributed by atoms with Gasteiger partial charge in [0.15, 0.2) is 0 Å². The molecule has 0 unspecified atom stereocenters. The second-order valence-electron chi connectivity index (χ2n) is 6.00. The molecule has 1 fully saturated rings. The van der Waals surface area contributed by atoms with E-state index in [9.17, 15) is 14.4 Å². The second kappa shape index (κ2) is 6.40. The van der Waals surface area contributed by atoms with Gasteiger partial charge in [-0.1, -0.05) is 12.1 Å². The van der Waals surface area contributed by atoms with Crippen LogP contribution in [-0.4, -0.2) is 33.0 Å². The number of benzene rings is 1. The van der Waals surface area contributed by atoms with E-state index in [-0.39, 0.29) is 18.9 Å². The van der Waals surface area contributed by atoms with Crippen molar-refractivity contribution in [3.05, 3.63) is 45.0 Å². The molecule has 1 aromatic carbocycles. The largest absolute Gasteiger partial charge is 0.343 e. The van der Waals surface area contributed by atoms with E-state index in [0.29, 0.717) is 11.0 Å². The van der Waals surface area contributed by atoms with Crippen molar-refractivity contribution in [1.29, 1.82) is 0 Å². The molecule has 2 heterocycles. The predicted octanol–water partition coefficient (Wildman–Crippen LogP) is 1.10. The molecule has 1 saturated heterocycles. The Morgan fingerprint density at radius 1 is 1.00 bits per heavy atom. The molecule has 0 N–H and O–H groups in total. The lowest BCUT2D eigenvalue weighted by Gasteiger charge is -2.26. The van der Waals surface area contributed by atoms with Gasteiger partial charge in [0.05, 0.1) is 11.0 Å². The van der Waals surface area contributed by atoms with Crippen molar-refractivity contribution in [1.82, 2.24) is 14.0 Å². The van der Waals surface area contributed by atoms with Gasteiger partial charge >= 0.3 is 11.1 Å². The van der Waals surface area contributed by atoms with Gasteiger partial charge in [0.1, 0.15) is 0 Å². The molecule has 0 aliphatic carbocycles. The number of amides is 1. The molecule has 1 aromatic heterocycles. The van der Waals surface area contributed by atoms with E-state index in [1.165, 1.54) is 15.6 Å². The molecular formula is C17H21N3O3. The van der Waals surface area contributed by atoms with Crippen LogP contribution in [-0.2, 0) is 18.4 Å². The molecule has 6 heteroatoms. The van der Waals surface area contributed by atoms with Crippen molar-refractivity contribution in [3.8, 4) is 0 Å². The molecule has 0 radical (unpaired) electrons. The first-order valence-electron chi connectivity index (χ1n) is 8.06. The summed E-state index contributed by atoms with van der Waals surface area (Å²) in [5.74, 6) is 0.0568. The lowest BCUT2D eigenvalue weighted by molar-refractivity contribution is -0.132. The van der Waals surface area contributed by atoms with Gasteiger partial charge in [-0.3, -0.25) is 14.4 Å². The third-order valence-electron chi connectivity index (χ3n) is 4.52. The number of hydrogen-bond donors (Lipinski definition) is 0. The van der Waals surface area contributed by atoms with Gasteiger partial charge in [-0.05, 0) is 31.4 Å². The van der Waals surface area contributed by atoms with Crippen LogP contribution < -0.4 is 11.1 Å². The van der Waals surface area contributed by atoms with Crippen LogP contribution in [0.5, 0.6) is 0 Å². The Morgan fingerprint density at radius 3 is 2.35 bits per heavy atom. The maximum atomic E-state index is 12.3. The predicted molar refractivity (Wildman–Crippen MR) is 88.5 cm³/mol. The zero-order valence-corrected chi connectivity index (χ0v) is 13.3. The standard InChI is InChI=1S/C17H21N3O3/c1-18-13-7-3-4-8-14(13)20(17(23)16(18)22)12-9-15(21)19-10-5-2-6-11-19/h3-4,7-8H,2,5-6,9-12H2,1H3. The Morgan fingerprint density at radius 2 is 1.65 bits per heavy atom. The number of piperidine rings is 1. The smallest absolute Gasteiger partial charge is 0.316 e. The number of likely N-dealkylation sites (tertiary alicyclic amines) is 1. The van der Waals surface area contributed by atoms with E-state index in [1.54, 1.807) is 13.1 Å². The van der Waals surface area contributed by atoms with Gasteiger partial charge in [-0.25, -0.2) is 0 Å². The molecule has 1 aliphatic rings. The summed E-state index contributed by atoms with van der Waals surface area (Å²) in [5.41, 5.74) is 0.250. The van der Waals surface area contributed by atoms with E-state index in [4.69, 9.17) is 0 Å².